The van der Waals surface area contributed by atoms with Gasteiger partial charge in [-0.2, -0.15) is 18.3 Å². The lowest BCUT2D eigenvalue weighted by Gasteiger charge is -2.27. The Kier molecular flexibility index (Phi) is 7.23. The molecule has 0 saturated carbocycles. The predicted octanol–water partition coefficient (Wildman–Crippen LogP) is 4.39. The van der Waals surface area contributed by atoms with Crippen LogP contribution in [-0.2, 0) is 24.5 Å². The van der Waals surface area contributed by atoms with Gasteiger partial charge in [-0.15, -0.1) is 5.10 Å². The lowest BCUT2D eigenvalue weighted by atomic mass is 10.1. The Morgan fingerprint density at radius 3 is 2.56 bits per heavy atom. The number of nitrogens with one attached hydrogen (secondary N) is 1. The molecule has 0 aliphatic carbocycles. The Labute approximate surface area is 223 Å². The second-order valence-corrected chi connectivity index (χ2v) is 9.58. The molecule has 0 atom stereocenters. The summed E-state index contributed by atoms with van der Waals surface area (Å²) in [5.41, 5.74) is 3.88. The lowest BCUT2D eigenvalue weighted by molar-refractivity contribution is -0.137. The van der Waals surface area contributed by atoms with Crippen molar-refractivity contribution >= 4 is 11.6 Å². The maximum absolute atomic E-state index is 13.7. The zero-order valence-electron chi connectivity index (χ0n) is 21.8. The Balaban J connectivity index is 1.40. The highest BCUT2D eigenvalue weighted by molar-refractivity contribution is 6.04. The summed E-state index contributed by atoms with van der Waals surface area (Å²) in [6.07, 6.45) is -1.09. The molecule has 0 unspecified atom stereocenters. The molecule has 1 amide bonds. The summed E-state index contributed by atoms with van der Waals surface area (Å²) in [5.74, 6) is -0.531. The van der Waals surface area contributed by atoms with Gasteiger partial charge >= 0.3 is 6.18 Å². The summed E-state index contributed by atoms with van der Waals surface area (Å²) in [5, 5.41) is 15.4. The topological polar surface area (TPSA) is 90.1 Å². The molecule has 5 rings (SSSR count). The number of nitrogens with zero attached hydrogens (tertiary/aromatic N) is 6. The van der Waals surface area contributed by atoms with E-state index in [1.165, 1.54) is 0 Å². The number of alkyl halides is 3. The lowest BCUT2D eigenvalue weighted by Crippen LogP contribution is -2.35. The number of aryl methyl sites for hydroxylation is 2. The third-order valence-electron chi connectivity index (χ3n) is 6.81. The van der Waals surface area contributed by atoms with Crippen LogP contribution in [0.5, 0.6) is 0 Å². The van der Waals surface area contributed by atoms with Gasteiger partial charge in [-0.05, 0) is 55.3 Å². The van der Waals surface area contributed by atoms with Crippen LogP contribution in [0.25, 0.3) is 16.9 Å². The maximum Gasteiger partial charge on any atom is 0.416 e. The number of carbonyl (C=O) groups is 1. The molecule has 1 N–H and O–H groups in total. The van der Waals surface area contributed by atoms with Crippen LogP contribution in [0.4, 0.5) is 18.9 Å². The first kappa shape index (κ1) is 26.6. The van der Waals surface area contributed by atoms with E-state index in [2.05, 4.69) is 20.7 Å². The molecule has 2 aromatic heterocycles. The Morgan fingerprint density at radius 1 is 1.10 bits per heavy atom. The van der Waals surface area contributed by atoms with Crippen LogP contribution in [0.15, 0.2) is 48.8 Å². The number of ether oxygens (including phenoxy) is 1. The highest BCUT2D eigenvalue weighted by Crippen LogP contribution is 2.33. The number of anilines is 1. The minimum atomic E-state index is -4.55. The fourth-order valence-corrected chi connectivity index (χ4v) is 4.49. The molecule has 12 heteroatoms. The Hall–Kier alpha value is -4.03. The van der Waals surface area contributed by atoms with Crippen LogP contribution >= 0.6 is 0 Å². The highest BCUT2D eigenvalue weighted by Gasteiger charge is 2.31. The average molecular weight is 540 g/mol. The van der Waals surface area contributed by atoms with Crippen molar-refractivity contribution in [3.05, 3.63) is 76.7 Å². The van der Waals surface area contributed by atoms with Crippen LogP contribution < -0.4 is 5.32 Å². The van der Waals surface area contributed by atoms with Crippen molar-refractivity contribution in [3.63, 3.8) is 0 Å². The summed E-state index contributed by atoms with van der Waals surface area (Å²) in [6.45, 7) is 6.47. The molecule has 0 spiro atoms. The van der Waals surface area contributed by atoms with E-state index in [0.29, 0.717) is 49.8 Å². The van der Waals surface area contributed by atoms with Gasteiger partial charge in [-0.1, -0.05) is 11.3 Å². The van der Waals surface area contributed by atoms with Crippen molar-refractivity contribution in [2.75, 3.05) is 31.6 Å². The molecule has 204 valence electrons. The number of hydrogen-bond acceptors (Lipinski definition) is 6. The second-order valence-electron chi connectivity index (χ2n) is 9.58. The van der Waals surface area contributed by atoms with E-state index in [4.69, 9.17) is 4.74 Å². The predicted molar refractivity (Wildman–Crippen MR) is 139 cm³/mol. The van der Waals surface area contributed by atoms with E-state index < -0.39 is 17.6 Å². The molecule has 3 heterocycles. The van der Waals surface area contributed by atoms with E-state index in [0.717, 1.165) is 29.0 Å². The third kappa shape index (κ3) is 5.86. The van der Waals surface area contributed by atoms with Gasteiger partial charge in [-0.3, -0.25) is 14.4 Å². The van der Waals surface area contributed by atoms with Crippen molar-refractivity contribution in [3.8, 4) is 16.9 Å². The second kappa shape index (κ2) is 10.6. The van der Waals surface area contributed by atoms with Crippen molar-refractivity contribution < 1.29 is 22.7 Å². The summed E-state index contributed by atoms with van der Waals surface area (Å²) < 4.78 is 49.6. The van der Waals surface area contributed by atoms with Crippen LogP contribution in [0, 0.1) is 13.8 Å². The van der Waals surface area contributed by atoms with Crippen molar-refractivity contribution in [1.29, 1.82) is 0 Å². The molecular weight excluding hydrogens is 511 g/mol. The minimum Gasteiger partial charge on any atom is -0.379 e. The summed E-state index contributed by atoms with van der Waals surface area (Å²) in [6, 6.07) is 8.69. The van der Waals surface area contributed by atoms with E-state index >= 15 is 0 Å². The quantitative estimate of drug-likeness (QED) is 0.391. The zero-order valence-corrected chi connectivity index (χ0v) is 21.8. The van der Waals surface area contributed by atoms with Gasteiger partial charge in [-0.25, -0.2) is 4.68 Å². The summed E-state index contributed by atoms with van der Waals surface area (Å²) in [7, 11) is 1.84. The van der Waals surface area contributed by atoms with Gasteiger partial charge in [0.25, 0.3) is 5.91 Å². The summed E-state index contributed by atoms with van der Waals surface area (Å²) in [4.78, 5) is 15.2. The van der Waals surface area contributed by atoms with Gasteiger partial charge < -0.3 is 10.1 Å². The number of amides is 1. The fourth-order valence-electron chi connectivity index (χ4n) is 4.49. The first-order chi connectivity index (χ1) is 18.6. The zero-order chi connectivity index (χ0) is 27.7. The summed E-state index contributed by atoms with van der Waals surface area (Å²) >= 11 is 0. The molecule has 1 aliphatic heterocycles. The number of halogens is 3. The van der Waals surface area contributed by atoms with Crippen LogP contribution in [0.2, 0.25) is 0 Å². The highest BCUT2D eigenvalue weighted by atomic mass is 19.4. The fraction of sp³-hybridized carbons (Fsp3) is 0.333. The number of carbonyl (C=O) groups excluding carboxylic acids is 1. The number of benzene rings is 2. The molecule has 4 aromatic rings. The largest absolute Gasteiger partial charge is 0.416 e. The van der Waals surface area contributed by atoms with Crippen LogP contribution in [-0.4, -0.2) is 61.9 Å². The maximum atomic E-state index is 13.7. The number of aromatic nitrogens is 5. The van der Waals surface area contributed by atoms with Crippen molar-refractivity contribution in [2.45, 2.75) is 26.6 Å². The minimum absolute atomic E-state index is 0.0790. The van der Waals surface area contributed by atoms with Gasteiger partial charge in [0.2, 0.25) is 0 Å². The Morgan fingerprint density at radius 2 is 1.87 bits per heavy atom. The molecule has 39 heavy (non-hydrogen) atoms. The van der Waals surface area contributed by atoms with Crippen molar-refractivity contribution in [1.82, 2.24) is 29.7 Å². The SMILES string of the molecule is Cc1ccc(C(=O)Nc2cc(CN3CCOCC3)cc(C(F)(F)F)c2)cc1-n1cc(-c2cnn(C)c2C)nn1. The standard InChI is InChI=1S/C27H28F3N7O2/c1-17-4-5-20(12-25(17)37-16-24(33-34-37)23-14-31-35(3)18(23)2)26(38)32-22-11-19(10-21(13-22)27(28,29)30)15-36-6-8-39-9-7-36/h4-5,10-14,16H,6-9,15H2,1-3H3,(H,32,38). The van der Waals surface area contributed by atoms with Gasteiger partial charge in [0.05, 0.1) is 36.9 Å². The van der Waals surface area contributed by atoms with Crippen LogP contribution in [0.1, 0.15) is 32.7 Å². The normalized spacial score (nSPS) is 14.5. The third-order valence-corrected chi connectivity index (χ3v) is 6.81. The molecular formula is C27H28F3N7O2. The molecule has 0 radical (unpaired) electrons. The Bertz CT molecular complexity index is 1500. The number of morpholine rings is 1. The smallest absolute Gasteiger partial charge is 0.379 e. The molecule has 2 aromatic carbocycles. The first-order valence-corrected chi connectivity index (χ1v) is 12.4. The molecule has 1 saturated heterocycles. The molecule has 1 aliphatic rings. The number of rotatable bonds is 6. The first-order valence-electron chi connectivity index (χ1n) is 12.4. The van der Waals surface area contributed by atoms with E-state index in [-0.39, 0.29) is 11.3 Å². The van der Waals surface area contributed by atoms with Gasteiger partial charge in [0.15, 0.2) is 0 Å². The molecule has 1 fully saturated rings. The average Bonchev–Trinajstić information content (AvgIpc) is 3.51. The van der Waals surface area contributed by atoms with Crippen LogP contribution in [0.3, 0.4) is 0 Å². The van der Waals surface area contributed by atoms with E-state index in [9.17, 15) is 18.0 Å². The van der Waals surface area contributed by atoms with Gasteiger partial charge in [0, 0.05) is 49.2 Å². The molecule has 9 nitrogen and oxygen atoms in total. The molecule has 0 bridgehead atoms. The van der Waals surface area contributed by atoms with E-state index in [1.54, 1.807) is 46.0 Å². The monoisotopic (exact) mass is 539 g/mol. The van der Waals surface area contributed by atoms with E-state index in [1.807, 2.05) is 25.8 Å². The van der Waals surface area contributed by atoms with Crippen molar-refractivity contribution in [2.24, 2.45) is 7.05 Å². The number of hydrogen-bond donors (Lipinski definition) is 1. The van der Waals surface area contributed by atoms with Gasteiger partial charge in [0.1, 0.15) is 5.69 Å².